The minimum Gasteiger partial charge on any atom is -0.342 e. The summed E-state index contributed by atoms with van der Waals surface area (Å²) in [6.07, 6.45) is 1.71. The van der Waals surface area contributed by atoms with Gasteiger partial charge in [0.05, 0.1) is 12.5 Å². The molecule has 110 valence electrons. The van der Waals surface area contributed by atoms with E-state index in [0.29, 0.717) is 18.9 Å². The lowest BCUT2D eigenvalue weighted by Gasteiger charge is -2.33. The lowest BCUT2D eigenvalue weighted by Crippen LogP contribution is -2.45. The molecule has 2 amide bonds. The van der Waals surface area contributed by atoms with Crippen LogP contribution < -0.4 is 0 Å². The largest absolute Gasteiger partial charge is 0.342 e. The zero-order chi connectivity index (χ0) is 14.7. The fourth-order valence-corrected chi connectivity index (χ4v) is 2.53. The van der Waals surface area contributed by atoms with Crippen LogP contribution in [0.3, 0.4) is 0 Å². The van der Waals surface area contributed by atoms with Gasteiger partial charge in [0, 0.05) is 27.1 Å². The molecule has 20 heavy (non-hydrogen) atoms. The van der Waals surface area contributed by atoms with Crippen molar-refractivity contribution in [3.63, 3.8) is 0 Å². The van der Waals surface area contributed by atoms with Gasteiger partial charge in [-0.1, -0.05) is 0 Å². The highest BCUT2D eigenvalue weighted by Gasteiger charge is 2.29. The summed E-state index contributed by atoms with van der Waals surface area (Å²) in [5.74, 6) is 1.32. The smallest absolute Gasteiger partial charge is 0.227 e. The summed E-state index contributed by atoms with van der Waals surface area (Å²) in [7, 11) is 1.75. The third-order valence-electron chi connectivity index (χ3n) is 3.61. The van der Waals surface area contributed by atoms with E-state index in [1.165, 1.54) is 0 Å². The van der Waals surface area contributed by atoms with Crippen molar-refractivity contribution in [1.82, 2.24) is 25.0 Å². The van der Waals surface area contributed by atoms with Gasteiger partial charge in [-0.05, 0) is 19.8 Å². The van der Waals surface area contributed by atoms with Gasteiger partial charge in [0.1, 0.15) is 5.82 Å². The van der Waals surface area contributed by atoms with Gasteiger partial charge in [-0.3, -0.25) is 14.7 Å². The molecule has 1 N–H and O–H groups in total. The predicted octanol–water partition coefficient (Wildman–Crippen LogP) is 0.330. The molecule has 0 radical (unpaired) electrons. The standard InChI is InChI=1S/C13H21N5O2/c1-9-14-12(16-15-9)8-17(3)13(20)11-5-4-6-18(7-11)10(2)19/h11H,4-8H2,1-3H3,(H,14,15,16). The second kappa shape index (κ2) is 6.02. The van der Waals surface area contributed by atoms with Crippen LogP contribution in [0.1, 0.15) is 31.4 Å². The van der Waals surface area contributed by atoms with E-state index >= 15 is 0 Å². The van der Waals surface area contributed by atoms with E-state index in [4.69, 9.17) is 0 Å². The minimum absolute atomic E-state index is 0.0368. The first-order valence-electron chi connectivity index (χ1n) is 6.85. The van der Waals surface area contributed by atoms with E-state index in [1.807, 2.05) is 6.92 Å². The first kappa shape index (κ1) is 14.5. The lowest BCUT2D eigenvalue weighted by atomic mass is 9.96. The second-order valence-electron chi connectivity index (χ2n) is 5.34. The van der Waals surface area contributed by atoms with E-state index in [1.54, 1.807) is 23.8 Å². The topological polar surface area (TPSA) is 82.2 Å². The molecular weight excluding hydrogens is 258 g/mol. The molecule has 1 aliphatic rings. The molecule has 1 saturated heterocycles. The van der Waals surface area contributed by atoms with Crippen molar-refractivity contribution in [2.45, 2.75) is 33.2 Å². The maximum absolute atomic E-state index is 12.4. The summed E-state index contributed by atoms with van der Waals surface area (Å²) in [5, 5.41) is 6.79. The molecule has 0 saturated carbocycles. The number of piperidine rings is 1. The Balaban J connectivity index is 1.94. The number of amides is 2. The van der Waals surface area contributed by atoms with Crippen LogP contribution in [0.2, 0.25) is 0 Å². The maximum Gasteiger partial charge on any atom is 0.227 e. The number of H-pyrrole nitrogens is 1. The van der Waals surface area contributed by atoms with E-state index < -0.39 is 0 Å². The van der Waals surface area contributed by atoms with Crippen LogP contribution in [0, 0.1) is 12.8 Å². The number of carbonyl (C=O) groups is 2. The first-order valence-corrected chi connectivity index (χ1v) is 6.85. The first-order chi connectivity index (χ1) is 9.47. The Morgan fingerprint density at radius 1 is 1.50 bits per heavy atom. The molecule has 2 rings (SSSR count). The van der Waals surface area contributed by atoms with Gasteiger partial charge in [-0.2, -0.15) is 5.10 Å². The van der Waals surface area contributed by atoms with Gasteiger partial charge in [0.2, 0.25) is 11.8 Å². The lowest BCUT2D eigenvalue weighted by molar-refractivity contribution is -0.139. The molecule has 0 aliphatic carbocycles. The summed E-state index contributed by atoms with van der Waals surface area (Å²) in [6, 6.07) is 0. The Hall–Kier alpha value is -1.92. The Kier molecular flexibility index (Phi) is 4.36. The number of nitrogens with one attached hydrogen (secondary N) is 1. The minimum atomic E-state index is -0.113. The number of aromatic nitrogens is 3. The summed E-state index contributed by atoms with van der Waals surface area (Å²) < 4.78 is 0. The SMILES string of the molecule is CC(=O)N1CCCC(C(=O)N(C)Cc2n[nH]c(C)n2)C1. The summed E-state index contributed by atoms with van der Waals surface area (Å²) in [6.45, 7) is 5.03. The van der Waals surface area contributed by atoms with E-state index in [0.717, 1.165) is 25.2 Å². The van der Waals surface area contributed by atoms with Gasteiger partial charge in [0.15, 0.2) is 5.82 Å². The number of aromatic amines is 1. The van der Waals surface area contributed by atoms with Crippen molar-refractivity contribution in [3.05, 3.63) is 11.6 Å². The van der Waals surface area contributed by atoms with Gasteiger partial charge >= 0.3 is 0 Å². The molecule has 0 aromatic carbocycles. The predicted molar refractivity (Wildman–Crippen MR) is 72.6 cm³/mol. The van der Waals surface area contributed by atoms with Crippen LogP contribution in [0.15, 0.2) is 0 Å². The van der Waals surface area contributed by atoms with Crippen LogP contribution in [0.4, 0.5) is 0 Å². The van der Waals surface area contributed by atoms with Crippen molar-refractivity contribution in [2.24, 2.45) is 5.92 Å². The third-order valence-corrected chi connectivity index (χ3v) is 3.61. The van der Waals surface area contributed by atoms with Crippen LogP contribution >= 0.6 is 0 Å². The molecule has 7 nitrogen and oxygen atoms in total. The highest BCUT2D eigenvalue weighted by Crippen LogP contribution is 2.19. The molecule has 1 fully saturated rings. The molecule has 0 spiro atoms. The molecule has 1 unspecified atom stereocenters. The monoisotopic (exact) mass is 279 g/mol. The number of aryl methyl sites for hydroxylation is 1. The number of likely N-dealkylation sites (tertiary alicyclic amines) is 1. The normalized spacial score (nSPS) is 18.9. The van der Waals surface area contributed by atoms with Gasteiger partial charge in [0.25, 0.3) is 0 Å². The molecule has 1 atom stereocenters. The molecular formula is C13H21N5O2. The molecule has 1 aliphatic heterocycles. The third kappa shape index (κ3) is 3.34. The van der Waals surface area contributed by atoms with Crippen LogP contribution in [-0.2, 0) is 16.1 Å². The highest BCUT2D eigenvalue weighted by atomic mass is 16.2. The maximum atomic E-state index is 12.4. The fraction of sp³-hybridized carbons (Fsp3) is 0.692. The van der Waals surface area contributed by atoms with Crippen LogP contribution in [0.25, 0.3) is 0 Å². The average molecular weight is 279 g/mol. The van der Waals surface area contributed by atoms with E-state index in [2.05, 4.69) is 15.2 Å². The van der Waals surface area contributed by atoms with E-state index in [-0.39, 0.29) is 17.7 Å². The Labute approximate surface area is 118 Å². The zero-order valence-corrected chi connectivity index (χ0v) is 12.2. The van der Waals surface area contributed by atoms with Crippen molar-refractivity contribution in [2.75, 3.05) is 20.1 Å². The Morgan fingerprint density at radius 3 is 2.85 bits per heavy atom. The van der Waals surface area contributed by atoms with E-state index in [9.17, 15) is 9.59 Å². The average Bonchev–Trinajstić information content (AvgIpc) is 2.83. The van der Waals surface area contributed by atoms with Gasteiger partial charge in [-0.25, -0.2) is 4.98 Å². The summed E-state index contributed by atoms with van der Waals surface area (Å²) in [5.41, 5.74) is 0. The Morgan fingerprint density at radius 2 is 2.25 bits per heavy atom. The van der Waals surface area contributed by atoms with Crippen molar-refractivity contribution < 1.29 is 9.59 Å². The molecule has 7 heteroatoms. The van der Waals surface area contributed by atoms with Gasteiger partial charge in [-0.15, -0.1) is 0 Å². The van der Waals surface area contributed by atoms with Crippen molar-refractivity contribution in [3.8, 4) is 0 Å². The number of carbonyl (C=O) groups excluding carboxylic acids is 2. The number of hydrogen-bond acceptors (Lipinski definition) is 4. The van der Waals surface area contributed by atoms with Crippen molar-refractivity contribution >= 4 is 11.8 Å². The number of hydrogen-bond donors (Lipinski definition) is 1. The molecule has 1 aromatic heterocycles. The molecule has 1 aromatic rings. The van der Waals surface area contributed by atoms with Gasteiger partial charge < -0.3 is 9.80 Å². The summed E-state index contributed by atoms with van der Waals surface area (Å²) >= 11 is 0. The second-order valence-corrected chi connectivity index (χ2v) is 5.34. The van der Waals surface area contributed by atoms with Crippen molar-refractivity contribution in [1.29, 1.82) is 0 Å². The molecule has 0 bridgehead atoms. The highest BCUT2D eigenvalue weighted by molar-refractivity contribution is 5.80. The molecule has 2 heterocycles. The Bertz CT molecular complexity index is 499. The number of rotatable bonds is 3. The van der Waals surface area contributed by atoms with Crippen LogP contribution in [-0.4, -0.2) is 56.9 Å². The van der Waals surface area contributed by atoms with Crippen LogP contribution in [0.5, 0.6) is 0 Å². The summed E-state index contributed by atoms with van der Waals surface area (Å²) in [4.78, 5) is 31.4. The fourth-order valence-electron chi connectivity index (χ4n) is 2.53. The zero-order valence-electron chi connectivity index (χ0n) is 12.2. The quantitative estimate of drug-likeness (QED) is 0.864. The number of nitrogens with zero attached hydrogens (tertiary/aromatic N) is 4.